The third-order valence-electron chi connectivity index (χ3n) is 4.01. The number of nitrogens with zero attached hydrogens (tertiary/aromatic N) is 1. The number of hydrogen-bond acceptors (Lipinski definition) is 3. The van der Waals surface area contributed by atoms with Crippen molar-refractivity contribution in [2.24, 2.45) is 0 Å². The van der Waals surface area contributed by atoms with Crippen molar-refractivity contribution in [1.29, 1.82) is 0 Å². The van der Waals surface area contributed by atoms with Crippen LogP contribution in [-0.2, 0) is 0 Å². The largest absolute Gasteiger partial charge is 0.382 e. The van der Waals surface area contributed by atoms with Crippen LogP contribution in [0.4, 0.5) is 11.5 Å². The summed E-state index contributed by atoms with van der Waals surface area (Å²) in [7, 11) is 0. The Morgan fingerprint density at radius 2 is 2.06 bits per heavy atom. The first-order valence-corrected chi connectivity index (χ1v) is 6.27. The molecule has 1 spiro atoms. The van der Waals surface area contributed by atoms with Crippen molar-refractivity contribution in [2.45, 2.75) is 44.6 Å². The van der Waals surface area contributed by atoms with Crippen LogP contribution in [0.5, 0.6) is 0 Å². The number of anilines is 2. The fourth-order valence-electron chi connectivity index (χ4n) is 3.04. The van der Waals surface area contributed by atoms with Gasteiger partial charge in [-0.2, -0.15) is 0 Å². The van der Waals surface area contributed by atoms with E-state index in [1.54, 1.807) is 0 Å². The molecular weight excluding hydrogens is 198 g/mol. The molecule has 2 aliphatic rings. The predicted octanol–water partition coefficient (Wildman–Crippen LogP) is 2.93. The molecule has 0 atom stereocenters. The maximum atomic E-state index is 4.49. The van der Waals surface area contributed by atoms with Gasteiger partial charge in [0.05, 0.1) is 5.69 Å². The first-order chi connectivity index (χ1) is 7.79. The molecule has 1 fully saturated rings. The second-order valence-electron chi connectivity index (χ2n) is 5.14. The minimum absolute atomic E-state index is 0.318. The van der Waals surface area contributed by atoms with Gasteiger partial charge in [0.1, 0.15) is 5.82 Å². The number of fused-ring (bicyclic) bond motifs is 1. The fraction of sp³-hybridized carbons (Fsp3) is 0.615. The van der Waals surface area contributed by atoms with Gasteiger partial charge < -0.3 is 10.6 Å². The quantitative estimate of drug-likeness (QED) is 0.701. The van der Waals surface area contributed by atoms with Gasteiger partial charge in [-0.15, -0.1) is 0 Å². The number of nitrogens with one attached hydrogen (secondary N) is 2. The SMILES string of the molecule is Cc1ccnc2c1NCCC1(CCCC1)N2. The lowest BCUT2D eigenvalue weighted by Gasteiger charge is -2.29. The van der Waals surface area contributed by atoms with Crippen molar-refractivity contribution in [1.82, 2.24) is 4.98 Å². The van der Waals surface area contributed by atoms with Crippen molar-refractivity contribution in [2.75, 3.05) is 17.2 Å². The summed E-state index contributed by atoms with van der Waals surface area (Å²) in [5.41, 5.74) is 2.80. The molecule has 16 heavy (non-hydrogen) atoms. The highest BCUT2D eigenvalue weighted by atomic mass is 15.1. The molecule has 86 valence electrons. The van der Waals surface area contributed by atoms with Crippen molar-refractivity contribution in [3.05, 3.63) is 17.8 Å². The highest BCUT2D eigenvalue weighted by Crippen LogP contribution is 2.39. The molecule has 2 heterocycles. The van der Waals surface area contributed by atoms with Gasteiger partial charge in [0.25, 0.3) is 0 Å². The predicted molar refractivity (Wildman–Crippen MR) is 66.9 cm³/mol. The van der Waals surface area contributed by atoms with Gasteiger partial charge in [0.2, 0.25) is 0 Å². The fourth-order valence-corrected chi connectivity index (χ4v) is 3.04. The van der Waals surface area contributed by atoms with Gasteiger partial charge in [0.15, 0.2) is 0 Å². The summed E-state index contributed by atoms with van der Waals surface area (Å²) in [6.45, 7) is 3.20. The van der Waals surface area contributed by atoms with Crippen LogP contribution in [0.15, 0.2) is 12.3 Å². The Balaban J connectivity index is 1.97. The zero-order valence-corrected chi connectivity index (χ0v) is 9.84. The van der Waals surface area contributed by atoms with Crippen LogP contribution < -0.4 is 10.6 Å². The van der Waals surface area contributed by atoms with Gasteiger partial charge in [-0.3, -0.25) is 0 Å². The summed E-state index contributed by atoms with van der Waals surface area (Å²) < 4.78 is 0. The minimum atomic E-state index is 0.318. The van der Waals surface area contributed by atoms with Gasteiger partial charge in [-0.1, -0.05) is 12.8 Å². The van der Waals surface area contributed by atoms with Crippen LogP contribution in [0.2, 0.25) is 0 Å². The lowest BCUT2D eigenvalue weighted by molar-refractivity contribution is 0.459. The molecule has 0 saturated heterocycles. The first-order valence-electron chi connectivity index (χ1n) is 6.27. The number of hydrogen-bond donors (Lipinski definition) is 2. The molecule has 0 radical (unpaired) electrons. The van der Waals surface area contributed by atoms with E-state index in [0.717, 1.165) is 12.4 Å². The number of pyridine rings is 1. The van der Waals surface area contributed by atoms with Crippen LogP contribution in [-0.4, -0.2) is 17.1 Å². The van der Waals surface area contributed by atoms with E-state index in [0.29, 0.717) is 5.54 Å². The van der Waals surface area contributed by atoms with E-state index in [4.69, 9.17) is 0 Å². The maximum Gasteiger partial charge on any atom is 0.150 e. The molecule has 0 amide bonds. The minimum Gasteiger partial charge on any atom is -0.382 e. The molecule has 1 aromatic rings. The van der Waals surface area contributed by atoms with E-state index < -0.39 is 0 Å². The van der Waals surface area contributed by atoms with Crippen molar-refractivity contribution in [3.63, 3.8) is 0 Å². The van der Waals surface area contributed by atoms with Gasteiger partial charge >= 0.3 is 0 Å². The third-order valence-corrected chi connectivity index (χ3v) is 4.01. The third kappa shape index (κ3) is 1.55. The average molecular weight is 217 g/mol. The second-order valence-corrected chi connectivity index (χ2v) is 5.14. The first kappa shape index (κ1) is 9.94. The summed E-state index contributed by atoms with van der Waals surface area (Å²) in [5, 5.41) is 7.22. The highest BCUT2D eigenvalue weighted by molar-refractivity contribution is 5.69. The number of aromatic nitrogens is 1. The van der Waals surface area contributed by atoms with E-state index in [-0.39, 0.29) is 0 Å². The summed E-state index contributed by atoms with van der Waals surface area (Å²) in [6.07, 6.45) is 8.41. The smallest absolute Gasteiger partial charge is 0.150 e. The average Bonchev–Trinajstić information content (AvgIpc) is 2.61. The molecule has 0 aromatic carbocycles. The molecule has 0 unspecified atom stereocenters. The van der Waals surface area contributed by atoms with Crippen LogP contribution in [0, 0.1) is 6.92 Å². The Kier molecular flexibility index (Phi) is 2.27. The van der Waals surface area contributed by atoms with Gasteiger partial charge in [0, 0.05) is 18.3 Å². The number of rotatable bonds is 0. The van der Waals surface area contributed by atoms with Crippen LogP contribution in [0.3, 0.4) is 0 Å². The monoisotopic (exact) mass is 217 g/mol. The summed E-state index contributed by atoms with van der Waals surface area (Å²) >= 11 is 0. The zero-order chi connectivity index (χ0) is 11.0. The summed E-state index contributed by atoms with van der Waals surface area (Å²) in [5.74, 6) is 1.06. The highest BCUT2D eigenvalue weighted by Gasteiger charge is 2.35. The standard InChI is InChI=1S/C13H19N3/c1-10-4-8-15-12-11(10)14-9-7-13(16-12)5-2-3-6-13/h4,8,14H,2-3,5-7,9H2,1H3,(H,15,16). The molecule has 3 heteroatoms. The Labute approximate surface area is 96.7 Å². The van der Waals surface area contributed by atoms with Crippen molar-refractivity contribution in [3.8, 4) is 0 Å². The van der Waals surface area contributed by atoms with Crippen LogP contribution in [0.25, 0.3) is 0 Å². The molecular formula is C13H19N3. The topological polar surface area (TPSA) is 37.0 Å². The van der Waals surface area contributed by atoms with E-state index in [1.807, 2.05) is 6.20 Å². The normalized spacial score (nSPS) is 22.1. The second kappa shape index (κ2) is 3.65. The summed E-state index contributed by atoms with van der Waals surface area (Å²) in [4.78, 5) is 4.49. The van der Waals surface area contributed by atoms with Crippen molar-refractivity contribution >= 4 is 11.5 Å². The Morgan fingerprint density at radius 1 is 1.25 bits per heavy atom. The lowest BCUT2D eigenvalue weighted by atomic mass is 9.93. The Bertz CT molecular complexity index is 394. The molecule has 2 N–H and O–H groups in total. The number of aryl methyl sites for hydroxylation is 1. The van der Waals surface area contributed by atoms with Crippen LogP contribution in [0.1, 0.15) is 37.7 Å². The zero-order valence-electron chi connectivity index (χ0n) is 9.84. The van der Waals surface area contributed by atoms with Crippen molar-refractivity contribution < 1.29 is 0 Å². The van der Waals surface area contributed by atoms with Gasteiger partial charge in [-0.25, -0.2) is 4.98 Å². The molecule has 1 aliphatic heterocycles. The van der Waals surface area contributed by atoms with Crippen LogP contribution >= 0.6 is 0 Å². The maximum absolute atomic E-state index is 4.49. The van der Waals surface area contributed by atoms with E-state index in [2.05, 4.69) is 28.6 Å². The summed E-state index contributed by atoms with van der Waals surface area (Å²) in [6, 6.07) is 2.07. The Morgan fingerprint density at radius 3 is 2.88 bits per heavy atom. The molecule has 3 rings (SSSR count). The van der Waals surface area contributed by atoms with E-state index >= 15 is 0 Å². The molecule has 0 bridgehead atoms. The molecule has 1 aromatic heterocycles. The van der Waals surface area contributed by atoms with E-state index in [1.165, 1.54) is 43.4 Å². The van der Waals surface area contributed by atoms with Gasteiger partial charge in [-0.05, 0) is 37.8 Å². The molecule has 1 aliphatic carbocycles. The lowest BCUT2D eigenvalue weighted by Crippen LogP contribution is -2.35. The van der Waals surface area contributed by atoms with E-state index in [9.17, 15) is 0 Å². The Hall–Kier alpha value is -1.25. The molecule has 1 saturated carbocycles. The molecule has 3 nitrogen and oxygen atoms in total.